The summed E-state index contributed by atoms with van der Waals surface area (Å²) in [5.74, 6) is 1.98. The van der Waals surface area contributed by atoms with Gasteiger partial charge in [0.05, 0.1) is 5.39 Å². The third-order valence-electron chi connectivity index (χ3n) is 6.18. The van der Waals surface area contributed by atoms with E-state index in [1.165, 1.54) is 24.0 Å². The fourth-order valence-electron chi connectivity index (χ4n) is 4.48. The number of nitrogens with zero attached hydrogens (tertiary/aromatic N) is 5. The van der Waals surface area contributed by atoms with Crippen molar-refractivity contribution in [3.8, 4) is 0 Å². The minimum atomic E-state index is 0.883. The third-order valence-corrected chi connectivity index (χ3v) is 6.18. The maximum Gasteiger partial charge on any atom is 0.229 e. The lowest BCUT2D eigenvalue weighted by molar-refractivity contribution is 0.249. The molecule has 152 valence electrons. The molecular formula is C23H30N6. The van der Waals surface area contributed by atoms with Crippen molar-refractivity contribution in [3.05, 3.63) is 47.2 Å². The van der Waals surface area contributed by atoms with E-state index in [0.717, 1.165) is 74.3 Å². The first-order valence-corrected chi connectivity index (χ1v) is 10.8. The number of fused-ring (bicyclic) bond motifs is 1. The third kappa shape index (κ3) is 3.81. The second-order valence-electron chi connectivity index (χ2n) is 8.50. The first kappa shape index (κ1) is 18.4. The monoisotopic (exact) mass is 390 g/mol. The second kappa shape index (κ2) is 7.67. The summed E-state index contributed by atoms with van der Waals surface area (Å²) >= 11 is 0. The molecule has 0 saturated carbocycles. The van der Waals surface area contributed by atoms with Gasteiger partial charge in [-0.3, -0.25) is 4.90 Å². The Kier molecular flexibility index (Phi) is 4.87. The average molecular weight is 391 g/mol. The summed E-state index contributed by atoms with van der Waals surface area (Å²) in [5.41, 5.74) is 4.83. The van der Waals surface area contributed by atoms with Crippen molar-refractivity contribution < 1.29 is 0 Å². The SMILES string of the molecule is Cc1ccc(CN2CCN(c3nc(N4CCCC4)nc4[nH]c(C)cc34)CC2)cc1. The van der Waals surface area contributed by atoms with E-state index in [2.05, 4.69) is 63.9 Å². The minimum absolute atomic E-state index is 0.883. The zero-order valence-electron chi connectivity index (χ0n) is 17.5. The van der Waals surface area contributed by atoms with Crippen LogP contribution in [-0.2, 0) is 6.54 Å². The molecule has 0 amide bonds. The Morgan fingerprint density at radius 3 is 2.31 bits per heavy atom. The number of piperazine rings is 1. The molecular weight excluding hydrogens is 360 g/mol. The summed E-state index contributed by atoms with van der Waals surface area (Å²) in [5, 5.41) is 1.15. The Labute approximate surface area is 172 Å². The van der Waals surface area contributed by atoms with Crippen LogP contribution in [0, 0.1) is 13.8 Å². The lowest BCUT2D eigenvalue weighted by Crippen LogP contribution is -2.46. The molecule has 0 bridgehead atoms. The van der Waals surface area contributed by atoms with Crippen molar-refractivity contribution in [2.45, 2.75) is 33.2 Å². The highest BCUT2D eigenvalue weighted by Gasteiger charge is 2.24. The lowest BCUT2D eigenvalue weighted by atomic mass is 10.1. The number of rotatable bonds is 4. The minimum Gasteiger partial charge on any atom is -0.353 e. The lowest BCUT2D eigenvalue weighted by Gasteiger charge is -2.36. The van der Waals surface area contributed by atoms with Crippen LogP contribution in [0.3, 0.4) is 0 Å². The van der Waals surface area contributed by atoms with Gasteiger partial charge in [0.25, 0.3) is 0 Å². The number of H-pyrrole nitrogens is 1. The van der Waals surface area contributed by atoms with Crippen molar-refractivity contribution in [1.29, 1.82) is 0 Å². The van der Waals surface area contributed by atoms with E-state index >= 15 is 0 Å². The number of anilines is 2. The van der Waals surface area contributed by atoms with Crippen molar-refractivity contribution in [2.24, 2.45) is 0 Å². The van der Waals surface area contributed by atoms with E-state index in [9.17, 15) is 0 Å². The Morgan fingerprint density at radius 2 is 1.59 bits per heavy atom. The first-order chi connectivity index (χ1) is 14.2. The molecule has 0 unspecified atom stereocenters. The molecule has 2 fully saturated rings. The highest BCUT2D eigenvalue weighted by Crippen LogP contribution is 2.29. The predicted octanol–water partition coefficient (Wildman–Crippen LogP) is 3.50. The van der Waals surface area contributed by atoms with Crippen molar-refractivity contribution in [3.63, 3.8) is 0 Å². The Morgan fingerprint density at radius 1 is 0.862 bits per heavy atom. The fourth-order valence-corrected chi connectivity index (χ4v) is 4.48. The maximum atomic E-state index is 5.04. The van der Waals surface area contributed by atoms with Crippen LogP contribution in [0.1, 0.15) is 29.7 Å². The highest BCUT2D eigenvalue weighted by molar-refractivity contribution is 5.89. The largest absolute Gasteiger partial charge is 0.353 e. The second-order valence-corrected chi connectivity index (χ2v) is 8.50. The van der Waals surface area contributed by atoms with Crippen LogP contribution in [0.25, 0.3) is 11.0 Å². The fraction of sp³-hybridized carbons (Fsp3) is 0.478. The Hall–Kier alpha value is -2.60. The molecule has 0 aliphatic carbocycles. The standard InChI is InChI=1S/C23H30N6/c1-17-5-7-19(8-6-17)16-27-11-13-28(14-12-27)22-20-15-18(2)24-21(20)25-23(26-22)29-9-3-4-10-29/h5-8,15H,3-4,9-14,16H2,1-2H3,(H,24,25,26). The van der Waals surface area contributed by atoms with Crippen molar-refractivity contribution >= 4 is 22.8 Å². The van der Waals surface area contributed by atoms with Gasteiger partial charge in [0.1, 0.15) is 11.5 Å². The summed E-state index contributed by atoms with van der Waals surface area (Å²) in [4.78, 5) is 20.6. The number of aromatic nitrogens is 3. The molecule has 0 spiro atoms. The van der Waals surface area contributed by atoms with Crippen LogP contribution < -0.4 is 9.80 Å². The zero-order valence-corrected chi connectivity index (χ0v) is 17.5. The molecule has 2 aromatic heterocycles. The van der Waals surface area contributed by atoms with Gasteiger partial charge in [-0.25, -0.2) is 0 Å². The molecule has 2 aliphatic rings. The van der Waals surface area contributed by atoms with Crippen LogP contribution in [-0.4, -0.2) is 59.1 Å². The summed E-state index contributed by atoms with van der Waals surface area (Å²) < 4.78 is 0. The number of aryl methyl sites for hydroxylation is 2. The van der Waals surface area contributed by atoms with Gasteiger partial charge in [-0.2, -0.15) is 9.97 Å². The van der Waals surface area contributed by atoms with Gasteiger partial charge in [0.15, 0.2) is 0 Å². The molecule has 6 nitrogen and oxygen atoms in total. The Balaban J connectivity index is 1.35. The van der Waals surface area contributed by atoms with E-state index in [1.807, 2.05) is 0 Å². The van der Waals surface area contributed by atoms with Gasteiger partial charge in [-0.15, -0.1) is 0 Å². The number of aromatic amines is 1. The molecule has 0 radical (unpaired) electrons. The first-order valence-electron chi connectivity index (χ1n) is 10.8. The van der Waals surface area contributed by atoms with E-state index in [-0.39, 0.29) is 0 Å². The summed E-state index contributed by atoms with van der Waals surface area (Å²) in [7, 11) is 0. The zero-order chi connectivity index (χ0) is 19.8. The van der Waals surface area contributed by atoms with E-state index in [1.54, 1.807) is 0 Å². The van der Waals surface area contributed by atoms with E-state index < -0.39 is 0 Å². The summed E-state index contributed by atoms with van der Waals surface area (Å²) in [6.45, 7) is 11.5. The topological polar surface area (TPSA) is 51.3 Å². The molecule has 2 aliphatic heterocycles. The maximum absolute atomic E-state index is 5.04. The van der Waals surface area contributed by atoms with Gasteiger partial charge >= 0.3 is 0 Å². The smallest absolute Gasteiger partial charge is 0.229 e. The van der Waals surface area contributed by atoms with Crippen molar-refractivity contribution in [1.82, 2.24) is 19.9 Å². The molecule has 0 atom stereocenters. The number of hydrogen-bond donors (Lipinski definition) is 1. The number of hydrogen-bond acceptors (Lipinski definition) is 5. The average Bonchev–Trinajstić information content (AvgIpc) is 3.38. The van der Waals surface area contributed by atoms with Crippen LogP contribution in [0.5, 0.6) is 0 Å². The van der Waals surface area contributed by atoms with Gasteiger partial charge in [0.2, 0.25) is 5.95 Å². The highest BCUT2D eigenvalue weighted by atomic mass is 15.3. The van der Waals surface area contributed by atoms with E-state index in [0.29, 0.717) is 0 Å². The van der Waals surface area contributed by atoms with E-state index in [4.69, 9.17) is 9.97 Å². The van der Waals surface area contributed by atoms with Crippen LogP contribution in [0.2, 0.25) is 0 Å². The number of nitrogens with one attached hydrogen (secondary N) is 1. The van der Waals surface area contributed by atoms with Crippen molar-refractivity contribution in [2.75, 3.05) is 49.1 Å². The van der Waals surface area contributed by atoms with Crippen LogP contribution in [0.4, 0.5) is 11.8 Å². The van der Waals surface area contributed by atoms with Gasteiger partial charge in [0, 0.05) is 51.5 Å². The van der Waals surface area contributed by atoms with Crippen LogP contribution >= 0.6 is 0 Å². The van der Waals surface area contributed by atoms with Gasteiger partial charge < -0.3 is 14.8 Å². The molecule has 1 aromatic carbocycles. The summed E-state index contributed by atoms with van der Waals surface area (Å²) in [6, 6.07) is 11.1. The molecule has 1 N–H and O–H groups in total. The quantitative estimate of drug-likeness (QED) is 0.739. The molecule has 5 rings (SSSR count). The molecule has 4 heterocycles. The molecule has 29 heavy (non-hydrogen) atoms. The van der Waals surface area contributed by atoms with Gasteiger partial charge in [-0.05, 0) is 38.3 Å². The Bertz CT molecular complexity index is 979. The molecule has 6 heteroatoms. The summed E-state index contributed by atoms with van der Waals surface area (Å²) in [6.07, 6.45) is 2.47. The normalized spacial score (nSPS) is 18.1. The number of benzene rings is 1. The van der Waals surface area contributed by atoms with Gasteiger partial charge in [-0.1, -0.05) is 29.8 Å². The molecule has 3 aromatic rings. The van der Waals surface area contributed by atoms with Crippen LogP contribution in [0.15, 0.2) is 30.3 Å². The molecule has 2 saturated heterocycles. The predicted molar refractivity (Wildman–Crippen MR) is 119 cm³/mol.